The molecule has 0 fully saturated rings. The van der Waals surface area contributed by atoms with Crippen LogP contribution in [0.3, 0.4) is 0 Å². The minimum Gasteiger partial charge on any atom is -0.322 e. The molecule has 2 aromatic rings. The maximum absolute atomic E-state index is 11.5. The third-order valence-electron chi connectivity index (χ3n) is 2.19. The Labute approximate surface area is 81.9 Å². The molecular weight excluding hydrogens is 174 g/mol. The highest BCUT2D eigenvalue weighted by Crippen LogP contribution is 2.10. The minimum atomic E-state index is -0.0244. The van der Waals surface area contributed by atoms with Gasteiger partial charge >= 0.3 is 0 Å². The van der Waals surface area contributed by atoms with Crippen molar-refractivity contribution in [3.8, 4) is 0 Å². The average Bonchev–Trinajstić information content (AvgIpc) is 2.19. The Kier molecular flexibility index (Phi) is 2.19. The number of nitrogens with one attached hydrogen (secondary N) is 1. The first-order chi connectivity index (χ1) is 6.81. The van der Waals surface area contributed by atoms with Crippen LogP contribution in [0.25, 0.3) is 10.9 Å². The van der Waals surface area contributed by atoms with E-state index in [0.717, 1.165) is 16.5 Å². The molecule has 14 heavy (non-hydrogen) atoms. The van der Waals surface area contributed by atoms with Crippen molar-refractivity contribution in [3.63, 3.8) is 0 Å². The van der Waals surface area contributed by atoms with Crippen LogP contribution in [-0.2, 0) is 6.42 Å². The number of fused-ring (bicyclic) bond motifs is 1. The molecule has 0 aliphatic heterocycles. The summed E-state index contributed by atoms with van der Waals surface area (Å²) in [4.78, 5) is 14.4. The van der Waals surface area contributed by atoms with Crippen LogP contribution < -0.4 is 5.56 Å². The summed E-state index contributed by atoms with van der Waals surface area (Å²) in [6.07, 6.45) is 2.35. The predicted molar refractivity (Wildman–Crippen MR) is 58.5 cm³/mol. The molecule has 0 unspecified atom stereocenters. The lowest BCUT2D eigenvalue weighted by atomic mass is 10.1. The Bertz CT molecular complexity index is 525. The van der Waals surface area contributed by atoms with Crippen molar-refractivity contribution in [3.05, 3.63) is 58.9 Å². The normalized spacial score (nSPS) is 10.3. The number of benzene rings is 1. The molecule has 0 saturated carbocycles. The van der Waals surface area contributed by atoms with E-state index in [1.807, 2.05) is 30.3 Å². The van der Waals surface area contributed by atoms with Crippen LogP contribution in [0.15, 0.2) is 47.8 Å². The van der Waals surface area contributed by atoms with Gasteiger partial charge in [-0.3, -0.25) is 4.79 Å². The molecule has 2 nitrogen and oxygen atoms in total. The molecule has 2 heteroatoms. The first-order valence-corrected chi connectivity index (χ1v) is 4.53. The van der Waals surface area contributed by atoms with Gasteiger partial charge in [-0.2, -0.15) is 0 Å². The highest BCUT2D eigenvalue weighted by molar-refractivity contribution is 5.78. The molecule has 1 aromatic heterocycles. The smallest absolute Gasteiger partial charge is 0.251 e. The first-order valence-electron chi connectivity index (χ1n) is 4.53. The predicted octanol–water partition coefficient (Wildman–Crippen LogP) is 2.26. The maximum atomic E-state index is 11.5. The van der Waals surface area contributed by atoms with E-state index < -0.39 is 0 Å². The van der Waals surface area contributed by atoms with Gasteiger partial charge in [0, 0.05) is 11.1 Å². The fourth-order valence-corrected chi connectivity index (χ4v) is 1.50. The van der Waals surface area contributed by atoms with Crippen molar-refractivity contribution in [1.82, 2.24) is 4.98 Å². The molecule has 0 radical (unpaired) electrons. The standard InChI is InChI=1S/C12H11NO/c1-2-5-10-8-9-6-3-4-7-11(9)13-12(10)14/h2-4,6-8H,1,5H2,(H,13,14). The molecule has 0 bridgehead atoms. The fourth-order valence-electron chi connectivity index (χ4n) is 1.50. The summed E-state index contributed by atoms with van der Waals surface area (Å²) in [6, 6.07) is 9.66. The first kappa shape index (κ1) is 8.75. The second-order valence-corrected chi connectivity index (χ2v) is 3.20. The second-order valence-electron chi connectivity index (χ2n) is 3.20. The molecule has 0 aliphatic rings. The highest BCUT2D eigenvalue weighted by Gasteiger charge is 1.99. The molecule has 0 spiro atoms. The monoisotopic (exact) mass is 185 g/mol. The number of pyridine rings is 1. The van der Waals surface area contributed by atoms with E-state index in [0.29, 0.717) is 6.42 Å². The van der Waals surface area contributed by atoms with Gasteiger partial charge in [0.05, 0.1) is 0 Å². The zero-order valence-corrected chi connectivity index (χ0v) is 7.79. The molecule has 1 N–H and O–H groups in total. The van der Waals surface area contributed by atoms with E-state index in [4.69, 9.17) is 0 Å². The molecule has 1 aromatic carbocycles. The summed E-state index contributed by atoms with van der Waals surface area (Å²) in [5.74, 6) is 0. The number of allylic oxidation sites excluding steroid dienone is 1. The van der Waals surface area contributed by atoms with Crippen molar-refractivity contribution in [2.45, 2.75) is 6.42 Å². The van der Waals surface area contributed by atoms with E-state index in [-0.39, 0.29) is 5.56 Å². The molecule has 1 heterocycles. The topological polar surface area (TPSA) is 32.9 Å². The third-order valence-corrected chi connectivity index (χ3v) is 2.19. The molecule has 0 amide bonds. The fraction of sp³-hybridized carbons (Fsp3) is 0.0833. The summed E-state index contributed by atoms with van der Waals surface area (Å²) >= 11 is 0. The lowest BCUT2D eigenvalue weighted by Crippen LogP contribution is -2.11. The third kappa shape index (κ3) is 1.46. The molecular formula is C12H11NO. The van der Waals surface area contributed by atoms with Gasteiger partial charge in [0.25, 0.3) is 5.56 Å². The van der Waals surface area contributed by atoms with Crippen LogP contribution in [0.5, 0.6) is 0 Å². The molecule has 70 valence electrons. The van der Waals surface area contributed by atoms with Crippen LogP contribution in [0.2, 0.25) is 0 Å². The van der Waals surface area contributed by atoms with Crippen LogP contribution in [-0.4, -0.2) is 4.98 Å². The van der Waals surface area contributed by atoms with E-state index in [9.17, 15) is 4.79 Å². The number of rotatable bonds is 2. The Morgan fingerprint density at radius 2 is 2.14 bits per heavy atom. The maximum Gasteiger partial charge on any atom is 0.251 e. The summed E-state index contributed by atoms with van der Waals surface area (Å²) in [5, 5.41) is 1.06. The van der Waals surface area contributed by atoms with Gasteiger partial charge in [-0.15, -0.1) is 6.58 Å². The van der Waals surface area contributed by atoms with Gasteiger partial charge in [0.1, 0.15) is 0 Å². The average molecular weight is 185 g/mol. The lowest BCUT2D eigenvalue weighted by Gasteiger charge is -1.99. The van der Waals surface area contributed by atoms with Crippen molar-refractivity contribution < 1.29 is 0 Å². The Balaban J connectivity index is 2.70. The van der Waals surface area contributed by atoms with Gasteiger partial charge in [-0.1, -0.05) is 24.3 Å². The molecule has 0 saturated heterocycles. The SMILES string of the molecule is C=CCc1cc2ccccc2[nH]c1=O. The summed E-state index contributed by atoms with van der Waals surface area (Å²) in [6.45, 7) is 3.62. The lowest BCUT2D eigenvalue weighted by molar-refractivity contribution is 1.16. The van der Waals surface area contributed by atoms with Crippen LogP contribution >= 0.6 is 0 Å². The number of hydrogen-bond acceptors (Lipinski definition) is 1. The van der Waals surface area contributed by atoms with E-state index >= 15 is 0 Å². The van der Waals surface area contributed by atoms with E-state index in [2.05, 4.69) is 11.6 Å². The number of para-hydroxylation sites is 1. The van der Waals surface area contributed by atoms with E-state index in [1.165, 1.54) is 0 Å². The number of H-pyrrole nitrogens is 1. The summed E-state index contributed by atoms with van der Waals surface area (Å²) < 4.78 is 0. The Morgan fingerprint density at radius 1 is 1.36 bits per heavy atom. The van der Waals surface area contributed by atoms with Crippen LogP contribution in [0, 0.1) is 0 Å². The molecule has 0 aliphatic carbocycles. The van der Waals surface area contributed by atoms with Crippen LogP contribution in [0.4, 0.5) is 0 Å². The molecule has 0 atom stereocenters. The van der Waals surface area contributed by atoms with E-state index in [1.54, 1.807) is 6.08 Å². The minimum absolute atomic E-state index is 0.0244. The van der Waals surface area contributed by atoms with Crippen molar-refractivity contribution in [1.29, 1.82) is 0 Å². The number of aromatic amines is 1. The van der Waals surface area contributed by atoms with Gasteiger partial charge in [-0.05, 0) is 23.9 Å². The quantitative estimate of drug-likeness (QED) is 0.715. The van der Waals surface area contributed by atoms with Gasteiger partial charge in [0.15, 0.2) is 0 Å². The van der Waals surface area contributed by atoms with Crippen molar-refractivity contribution in [2.75, 3.05) is 0 Å². The largest absolute Gasteiger partial charge is 0.322 e. The van der Waals surface area contributed by atoms with Gasteiger partial charge in [-0.25, -0.2) is 0 Å². The van der Waals surface area contributed by atoms with Gasteiger partial charge < -0.3 is 4.98 Å². The van der Waals surface area contributed by atoms with Crippen molar-refractivity contribution in [2.24, 2.45) is 0 Å². The second kappa shape index (κ2) is 3.50. The number of hydrogen-bond donors (Lipinski definition) is 1. The summed E-state index contributed by atoms with van der Waals surface area (Å²) in [5.41, 5.74) is 1.62. The Hall–Kier alpha value is -1.83. The highest BCUT2D eigenvalue weighted by atomic mass is 16.1. The van der Waals surface area contributed by atoms with Crippen LogP contribution in [0.1, 0.15) is 5.56 Å². The number of aromatic nitrogens is 1. The molecule has 2 rings (SSSR count). The zero-order valence-electron chi connectivity index (χ0n) is 7.79. The van der Waals surface area contributed by atoms with Gasteiger partial charge in [0.2, 0.25) is 0 Å². The zero-order chi connectivity index (χ0) is 9.97. The Morgan fingerprint density at radius 3 is 2.93 bits per heavy atom. The van der Waals surface area contributed by atoms with Crippen molar-refractivity contribution >= 4 is 10.9 Å². The summed E-state index contributed by atoms with van der Waals surface area (Å²) in [7, 11) is 0.